The average Bonchev–Trinajstić information content (AvgIpc) is 3.41. The molecule has 2 amide bonds. The minimum Gasteiger partial charge on any atom is -0.396 e. The fourth-order valence-electron chi connectivity index (χ4n) is 2.79. The van der Waals surface area contributed by atoms with E-state index in [-0.39, 0.29) is 42.1 Å². The molecule has 2 atom stereocenters. The monoisotopic (exact) mass is 373 g/mol. The van der Waals surface area contributed by atoms with Gasteiger partial charge in [0.05, 0.1) is 5.56 Å². The number of benzene rings is 1. The Bertz CT molecular complexity index is 910. The molecule has 0 spiro atoms. The van der Waals surface area contributed by atoms with Crippen LogP contribution in [0.1, 0.15) is 32.7 Å². The van der Waals surface area contributed by atoms with Crippen LogP contribution in [0.3, 0.4) is 0 Å². The van der Waals surface area contributed by atoms with E-state index >= 15 is 0 Å². The van der Waals surface area contributed by atoms with Gasteiger partial charge in [-0.2, -0.15) is 0 Å². The number of pyridine rings is 1. The lowest BCUT2D eigenvalue weighted by Crippen LogP contribution is -2.33. The smallest absolute Gasteiger partial charge is 0.260 e. The van der Waals surface area contributed by atoms with E-state index in [0.717, 1.165) is 0 Å². The molecule has 1 aromatic carbocycles. The van der Waals surface area contributed by atoms with E-state index < -0.39 is 17.4 Å². The minimum atomic E-state index is -0.595. The first kappa shape index (κ1) is 18.8. The first-order valence-electron chi connectivity index (χ1n) is 8.53. The molecule has 27 heavy (non-hydrogen) atoms. The number of halogens is 1. The van der Waals surface area contributed by atoms with Crippen LogP contribution in [0.15, 0.2) is 41.3 Å². The van der Waals surface area contributed by atoms with Crippen molar-refractivity contribution >= 4 is 11.8 Å². The number of hydrogen-bond acceptors (Lipinski definition) is 4. The normalized spacial score (nSPS) is 18.0. The fourth-order valence-corrected chi connectivity index (χ4v) is 2.79. The Morgan fingerprint density at radius 2 is 2.04 bits per heavy atom. The third-order valence-corrected chi connectivity index (χ3v) is 4.55. The van der Waals surface area contributed by atoms with E-state index in [1.54, 1.807) is 12.1 Å². The van der Waals surface area contributed by atoms with E-state index in [1.807, 2.05) is 0 Å². The summed E-state index contributed by atoms with van der Waals surface area (Å²) in [7, 11) is 1.52. The zero-order valence-corrected chi connectivity index (χ0v) is 14.7. The summed E-state index contributed by atoms with van der Waals surface area (Å²) in [5.41, 5.74) is 0.127. The van der Waals surface area contributed by atoms with Gasteiger partial charge in [0.15, 0.2) is 0 Å². The van der Waals surface area contributed by atoms with Crippen molar-refractivity contribution in [2.45, 2.75) is 19.0 Å². The number of H-pyrrole nitrogens is 1. The number of aliphatic hydroxyl groups excluding tert-OH is 1. The summed E-state index contributed by atoms with van der Waals surface area (Å²) in [6.45, 7) is 0.198. The molecule has 0 aliphatic heterocycles. The maximum atomic E-state index is 13.0. The van der Waals surface area contributed by atoms with Gasteiger partial charge in [-0.15, -0.1) is 0 Å². The molecule has 142 valence electrons. The summed E-state index contributed by atoms with van der Waals surface area (Å²) in [5, 5.41) is 11.8. The fraction of sp³-hybridized carbons (Fsp3) is 0.316. The SMILES string of the molecule is CN(Cc1ccc(F)cc1)C(=O)c1cc(C(=O)NC2CC2CO)c[nH]c1=O. The van der Waals surface area contributed by atoms with Gasteiger partial charge in [0, 0.05) is 38.4 Å². The van der Waals surface area contributed by atoms with Crippen molar-refractivity contribution in [1.29, 1.82) is 0 Å². The van der Waals surface area contributed by atoms with Gasteiger partial charge < -0.3 is 20.3 Å². The van der Waals surface area contributed by atoms with Crippen LogP contribution in [0.4, 0.5) is 4.39 Å². The van der Waals surface area contributed by atoms with Gasteiger partial charge >= 0.3 is 0 Å². The van der Waals surface area contributed by atoms with Crippen molar-refractivity contribution in [3.8, 4) is 0 Å². The second-order valence-electron chi connectivity index (χ2n) is 6.68. The van der Waals surface area contributed by atoms with Crippen LogP contribution in [-0.2, 0) is 6.54 Å². The first-order chi connectivity index (χ1) is 12.9. The molecule has 0 bridgehead atoms. The van der Waals surface area contributed by atoms with Crippen molar-refractivity contribution < 1.29 is 19.1 Å². The molecule has 1 aliphatic carbocycles. The minimum absolute atomic E-state index is 0.00842. The molecule has 3 rings (SSSR count). The average molecular weight is 373 g/mol. The molecule has 1 heterocycles. The highest BCUT2D eigenvalue weighted by Crippen LogP contribution is 2.29. The van der Waals surface area contributed by atoms with Crippen LogP contribution >= 0.6 is 0 Å². The highest BCUT2D eigenvalue weighted by atomic mass is 19.1. The molecule has 0 saturated heterocycles. The highest BCUT2D eigenvalue weighted by Gasteiger charge is 2.37. The maximum Gasteiger partial charge on any atom is 0.260 e. The topological polar surface area (TPSA) is 102 Å². The van der Waals surface area contributed by atoms with E-state index in [0.29, 0.717) is 12.0 Å². The summed E-state index contributed by atoms with van der Waals surface area (Å²) in [4.78, 5) is 40.7. The Labute approximate surface area is 154 Å². The van der Waals surface area contributed by atoms with Crippen molar-refractivity contribution in [3.05, 3.63) is 69.4 Å². The summed E-state index contributed by atoms with van der Waals surface area (Å²) in [6.07, 6.45) is 1.96. The molecule has 3 N–H and O–H groups in total. The van der Waals surface area contributed by atoms with Gasteiger partial charge in [-0.3, -0.25) is 14.4 Å². The third-order valence-electron chi connectivity index (χ3n) is 4.55. The molecule has 7 nitrogen and oxygen atoms in total. The standard InChI is InChI=1S/C19H20FN3O4/c1-23(9-11-2-4-14(20)5-3-11)19(27)15-6-12(8-21-18(15)26)17(25)22-16-7-13(16)10-24/h2-6,8,13,16,24H,7,9-10H2,1H3,(H,21,26)(H,22,25). The summed E-state index contributed by atoms with van der Waals surface area (Å²) in [5.74, 6) is -1.28. The lowest BCUT2D eigenvalue weighted by molar-refractivity contribution is 0.0783. The van der Waals surface area contributed by atoms with Crippen LogP contribution in [0.5, 0.6) is 0 Å². The van der Waals surface area contributed by atoms with Crippen LogP contribution in [-0.4, -0.2) is 46.5 Å². The summed E-state index contributed by atoms with van der Waals surface area (Å²) < 4.78 is 13.0. The number of carbonyl (C=O) groups excluding carboxylic acids is 2. The Morgan fingerprint density at radius 1 is 1.33 bits per heavy atom. The summed E-state index contributed by atoms with van der Waals surface area (Å²) in [6, 6.07) is 6.87. The van der Waals surface area contributed by atoms with Gasteiger partial charge in [-0.25, -0.2) is 4.39 Å². The van der Waals surface area contributed by atoms with Crippen LogP contribution in [0.2, 0.25) is 0 Å². The molecule has 2 aromatic rings. The van der Waals surface area contributed by atoms with Gasteiger partial charge in [0.1, 0.15) is 11.4 Å². The zero-order chi connectivity index (χ0) is 19.6. The van der Waals surface area contributed by atoms with E-state index in [9.17, 15) is 18.8 Å². The summed E-state index contributed by atoms with van der Waals surface area (Å²) >= 11 is 0. The van der Waals surface area contributed by atoms with Crippen molar-refractivity contribution in [3.63, 3.8) is 0 Å². The van der Waals surface area contributed by atoms with E-state index in [2.05, 4.69) is 10.3 Å². The molecule has 2 unspecified atom stereocenters. The Morgan fingerprint density at radius 3 is 2.67 bits per heavy atom. The number of nitrogens with one attached hydrogen (secondary N) is 2. The van der Waals surface area contributed by atoms with Gasteiger partial charge in [-0.1, -0.05) is 12.1 Å². The second kappa shape index (κ2) is 7.71. The molecule has 1 saturated carbocycles. The number of amides is 2. The van der Waals surface area contributed by atoms with Gasteiger partial charge in [0.2, 0.25) is 0 Å². The Hall–Kier alpha value is -3.00. The molecule has 1 aliphatic rings. The molecular weight excluding hydrogens is 353 g/mol. The maximum absolute atomic E-state index is 13.0. The van der Waals surface area contributed by atoms with Gasteiger partial charge in [-0.05, 0) is 30.2 Å². The number of rotatable bonds is 6. The van der Waals surface area contributed by atoms with Crippen LogP contribution < -0.4 is 10.9 Å². The predicted octanol–water partition coefficient (Wildman–Crippen LogP) is 0.897. The molecule has 1 aromatic heterocycles. The van der Waals surface area contributed by atoms with E-state index in [4.69, 9.17) is 5.11 Å². The lowest BCUT2D eigenvalue weighted by Gasteiger charge is -2.17. The zero-order valence-electron chi connectivity index (χ0n) is 14.7. The molecule has 1 fully saturated rings. The number of aromatic amines is 1. The van der Waals surface area contributed by atoms with Crippen LogP contribution in [0.25, 0.3) is 0 Å². The first-order valence-corrected chi connectivity index (χ1v) is 8.53. The quantitative estimate of drug-likeness (QED) is 0.700. The van der Waals surface area contributed by atoms with Crippen molar-refractivity contribution in [2.75, 3.05) is 13.7 Å². The van der Waals surface area contributed by atoms with Gasteiger partial charge in [0.25, 0.3) is 17.4 Å². The van der Waals surface area contributed by atoms with Crippen molar-refractivity contribution in [2.24, 2.45) is 5.92 Å². The molecule has 0 radical (unpaired) electrons. The number of carbonyl (C=O) groups is 2. The second-order valence-corrected chi connectivity index (χ2v) is 6.68. The van der Waals surface area contributed by atoms with Crippen molar-refractivity contribution in [1.82, 2.24) is 15.2 Å². The lowest BCUT2D eigenvalue weighted by atomic mass is 10.1. The largest absolute Gasteiger partial charge is 0.396 e. The third kappa shape index (κ3) is 4.40. The molecular formula is C19H20FN3O4. The Kier molecular flexibility index (Phi) is 5.36. The van der Waals surface area contributed by atoms with E-state index in [1.165, 1.54) is 36.3 Å². The number of nitrogens with zero attached hydrogens (tertiary/aromatic N) is 1. The highest BCUT2D eigenvalue weighted by molar-refractivity contribution is 5.99. The number of hydrogen-bond donors (Lipinski definition) is 3. The van der Waals surface area contributed by atoms with Crippen LogP contribution in [0, 0.1) is 11.7 Å². The number of aliphatic hydroxyl groups is 1. The Balaban J connectivity index is 1.72. The molecule has 8 heteroatoms. The number of aromatic nitrogens is 1. The predicted molar refractivity (Wildman–Crippen MR) is 95.7 cm³/mol.